The number of aliphatic hydroxyl groups excluding tert-OH is 1. The van der Waals surface area contributed by atoms with Gasteiger partial charge in [0.2, 0.25) is 0 Å². The second-order valence-corrected chi connectivity index (χ2v) is 3.91. The Labute approximate surface area is 81.1 Å². The molecule has 0 radical (unpaired) electrons. The van der Waals surface area contributed by atoms with Crippen LogP contribution in [0.25, 0.3) is 0 Å². The van der Waals surface area contributed by atoms with Crippen molar-refractivity contribution in [2.24, 2.45) is 0 Å². The molecular formula is C10H22N2O. The van der Waals surface area contributed by atoms with Crippen LogP contribution in [0.15, 0.2) is 0 Å². The minimum Gasteiger partial charge on any atom is -0.393 e. The van der Waals surface area contributed by atoms with E-state index < -0.39 is 0 Å². The van der Waals surface area contributed by atoms with Crippen LogP contribution in [0.4, 0.5) is 0 Å². The Morgan fingerprint density at radius 2 is 2.38 bits per heavy atom. The largest absolute Gasteiger partial charge is 0.393 e. The first-order valence-corrected chi connectivity index (χ1v) is 5.37. The van der Waals surface area contributed by atoms with Crippen LogP contribution >= 0.6 is 0 Å². The molecule has 1 saturated heterocycles. The molecule has 1 heterocycles. The summed E-state index contributed by atoms with van der Waals surface area (Å²) in [6.45, 7) is 8.45. The van der Waals surface area contributed by atoms with Gasteiger partial charge in [-0.05, 0) is 32.9 Å². The molecule has 0 aromatic carbocycles. The first-order chi connectivity index (χ1) is 6.24. The van der Waals surface area contributed by atoms with Crippen LogP contribution in [-0.2, 0) is 0 Å². The summed E-state index contributed by atoms with van der Waals surface area (Å²) in [5.41, 5.74) is 0. The van der Waals surface area contributed by atoms with Crippen molar-refractivity contribution < 1.29 is 5.11 Å². The molecule has 1 aliphatic rings. The van der Waals surface area contributed by atoms with Gasteiger partial charge in [0.25, 0.3) is 0 Å². The zero-order valence-electron chi connectivity index (χ0n) is 8.79. The lowest BCUT2D eigenvalue weighted by molar-refractivity contribution is 0.141. The summed E-state index contributed by atoms with van der Waals surface area (Å²) in [6.07, 6.45) is 1.99. The second-order valence-electron chi connectivity index (χ2n) is 3.91. The summed E-state index contributed by atoms with van der Waals surface area (Å²) >= 11 is 0. The second kappa shape index (κ2) is 5.58. The topological polar surface area (TPSA) is 35.5 Å². The molecule has 2 N–H and O–H groups in total. The zero-order chi connectivity index (χ0) is 9.68. The fourth-order valence-electron chi connectivity index (χ4n) is 1.90. The molecule has 0 aliphatic carbocycles. The molecule has 3 heteroatoms. The third-order valence-electron chi connectivity index (χ3n) is 2.79. The van der Waals surface area contributed by atoms with Crippen molar-refractivity contribution in [3.05, 3.63) is 0 Å². The summed E-state index contributed by atoms with van der Waals surface area (Å²) in [5, 5.41) is 12.6. The molecule has 1 fully saturated rings. The maximum absolute atomic E-state index is 9.20. The average molecular weight is 186 g/mol. The molecule has 78 valence electrons. The van der Waals surface area contributed by atoms with E-state index in [-0.39, 0.29) is 6.10 Å². The minimum atomic E-state index is -0.164. The molecule has 0 spiro atoms. The minimum absolute atomic E-state index is 0.164. The van der Waals surface area contributed by atoms with Crippen LogP contribution in [0.2, 0.25) is 0 Å². The highest BCUT2D eigenvalue weighted by Gasteiger charge is 2.20. The molecule has 2 unspecified atom stereocenters. The maximum atomic E-state index is 9.20. The van der Waals surface area contributed by atoms with E-state index in [1.807, 2.05) is 6.92 Å². The zero-order valence-corrected chi connectivity index (χ0v) is 8.79. The Morgan fingerprint density at radius 3 is 2.85 bits per heavy atom. The number of rotatable bonds is 5. The van der Waals surface area contributed by atoms with E-state index in [9.17, 15) is 5.11 Å². The van der Waals surface area contributed by atoms with Gasteiger partial charge in [-0.1, -0.05) is 6.92 Å². The molecule has 0 amide bonds. The lowest BCUT2D eigenvalue weighted by atomic mass is 10.2. The van der Waals surface area contributed by atoms with Crippen LogP contribution in [0.3, 0.4) is 0 Å². The molecule has 0 saturated carbocycles. The quantitative estimate of drug-likeness (QED) is 0.654. The van der Waals surface area contributed by atoms with Gasteiger partial charge in [0.15, 0.2) is 0 Å². The van der Waals surface area contributed by atoms with Gasteiger partial charge in [0.05, 0.1) is 6.10 Å². The lowest BCUT2D eigenvalue weighted by Crippen LogP contribution is -2.38. The van der Waals surface area contributed by atoms with Gasteiger partial charge in [-0.2, -0.15) is 0 Å². The van der Waals surface area contributed by atoms with Crippen molar-refractivity contribution in [1.82, 2.24) is 10.2 Å². The Bertz CT molecular complexity index is 133. The SMILES string of the molecule is CCN(CCC(C)O)C1CCNC1. The van der Waals surface area contributed by atoms with Crippen LogP contribution in [0.5, 0.6) is 0 Å². The van der Waals surface area contributed by atoms with E-state index in [4.69, 9.17) is 0 Å². The molecule has 0 aromatic heterocycles. The highest BCUT2D eigenvalue weighted by atomic mass is 16.3. The summed E-state index contributed by atoms with van der Waals surface area (Å²) in [6, 6.07) is 0.698. The van der Waals surface area contributed by atoms with Crippen molar-refractivity contribution in [3.63, 3.8) is 0 Å². The maximum Gasteiger partial charge on any atom is 0.0524 e. The van der Waals surface area contributed by atoms with E-state index >= 15 is 0 Å². The van der Waals surface area contributed by atoms with Gasteiger partial charge in [0, 0.05) is 19.1 Å². The first-order valence-electron chi connectivity index (χ1n) is 5.37. The van der Waals surface area contributed by atoms with Crippen LogP contribution in [-0.4, -0.2) is 48.3 Å². The van der Waals surface area contributed by atoms with Crippen LogP contribution in [0, 0.1) is 0 Å². The molecule has 1 rings (SSSR count). The average Bonchev–Trinajstić information content (AvgIpc) is 2.58. The van der Waals surface area contributed by atoms with Gasteiger partial charge in [-0.25, -0.2) is 0 Å². The van der Waals surface area contributed by atoms with Crippen LogP contribution < -0.4 is 5.32 Å². The van der Waals surface area contributed by atoms with E-state index in [2.05, 4.69) is 17.1 Å². The number of hydrogen-bond donors (Lipinski definition) is 2. The van der Waals surface area contributed by atoms with E-state index in [0.29, 0.717) is 6.04 Å². The summed E-state index contributed by atoms with van der Waals surface area (Å²) in [5.74, 6) is 0. The standard InChI is InChI=1S/C10H22N2O/c1-3-12(7-5-9(2)13)10-4-6-11-8-10/h9-11,13H,3-8H2,1-2H3. The first kappa shape index (κ1) is 11.0. The third-order valence-corrected chi connectivity index (χ3v) is 2.79. The molecule has 13 heavy (non-hydrogen) atoms. The third kappa shape index (κ3) is 3.63. The fraction of sp³-hybridized carbons (Fsp3) is 1.00. The van der Waals surface area contributed by atoms with Crippen molar-refractivity contribution >= 4 is 0 Å². The highest BCUT2D eigenvalue weighted by Crippen LogP contribution is 2.09. The van der Waals surface area contributed by atoms with Gasteiger partial charge < -0.3 is 10.4 Å². The van der Waals surface area contributed by atoms with Crippen LogP contribution in [0.1, 0.15) is 26.7 Å². The molecule has 0 bridgehead atoms. The van der Waals surface area contributed by atoms with Crippen molar-refractivity contribution in [2.45, 2.75) is 38.8 Å². The number of nitrogens with zero attached hydrogens (tertiary/aromatic N) is 1. The molecule has 1 aliphatic heterocycles. The highest BCUT2D eigenvalue weighted by molar-refractivity contribution is 4.80. The van der Waals surface area contributed by atoms with Crippen molar-refractivity contribution in [1.29, 1.82) is 0 Å². The fourth-order valence-corrected chi connectivity index (χ4v) is 1.90. The molecule has 3 nitrogen and oxygen atoms in total. The number of hydrogen-bond acceptors (Lipinski definition) is 3. The predicted molar refractivity (Wildman–Crippen MR) is 54.8 cm³/mol. The Morgan fingerprint density at radius 1 is 1.62 bits per heavy atom. The molecule has 0 aromatic rings. The monoisotopic (exact) mass is 186 g/mol. The smallest absolute Gasteiger partial charge is 0.0524 e. The summed E-state index contributed by atoms with van der Waals surface area (Å²) in [4.78, 5) is 2.46. The van der Waals surface area contributed by atoms with Crippen molar-refractivity contribution in [3.8, 4) is 0 Å². The Balaban J connectivity index is 2.24. The number of aliphatic hydroxyl groups is 1. The normalized spacial score (nSPS) is 25.4. The number of nitrogens with one attached hydrogen (secondary N) is 1. The summed E-state index contributed by atoms with van der Waals surface area (Å²) < 4.78 is 0. The van der Waals surface area contributed by atoms with Gasteiger partial charge in [-0.15, -0.1) is 0 Å². The van der Waals surface area contributed by atoms with Gasteiger partial charge in [-0.3, -0.25) is 4.90 Å². The summed E-state index contributed by atoms with van der Waals surface area (Å²) in [7, 11) is 0. The van der Waals surface area contributed by atoms with Gasteiger partial charge in [0.1, 0.15) is 0 Å². The molecule has 2 atom stereocenters. The van der Waals surface area contributed by atoms with E-state index in [1.54, 1.807) is 0 Å². The predicted octanol–water partition coefficient (Wildman–Crippen LogP) is 0.441. The number of likely N-dealkylation sites (N-methyl/N-ethyl adjacent to an activating group) is 1. The Hall–Kier alpha value is -0.120. The van der Waals surface area contributed by atoms with E-state index in [0.717, 1.165) is 32.6 Å². The van der Waals surface area contributed by atoms with Gasteiger partial charge >= 0.3 is 0 Å². The molecular weight excluding hydrogens is 164 g/mol. The lowest BCUT2D eigenvalue weighted by Gasteiger charge is -2.27. The van der Waals surface area contributed by atoms with E-state index in [1.165, 1.54) is 6.42 Å². The van der Waals surface area contributed by atoms with Crippen molar-refractivity contribution in [2.75, 3.05) is 26.2 Å². The Kier molecular flexibility index (Phi) is 4.70.